The van der Waals surface area contributed by atoms with Crippen LogP contribution in [0.2, 0.25) is 0 Å². The average Bonchev–Trinajstić information content (AvgIpc) is 3.24. The third-order valence-electron chi connectivity index (χ3n) is 5.69. The first-order chi connectivity index (χ1) is 17.0. The van der Waals surface area contributed by atoms with E-state index in [2.05, 4.69) is 19.7 Å². The highest BCUT2D eigenvalue weighted by molar-refractivity contribution is 7.99. The van der Waals surface area contributed by atoms with E-state index >= 15 is 0 Å². The number of oxazole rings is 1. The predicted octanol–water partition coefficient (Wildman–Crippen LogP) is 2.42. The summed E-state index contributed by atoms with van der Waals surface area (Å²) in [6.45, 7) is 0.923. The monoisotopic (exact) mass is 515 g/mol. The summed E-state index contributed by atoms with van der Waals surface area (Å²) >= 11 is 1.37. The number of sulfonamides is 1. The first-order valence-electron chi connectivity index (χ1n) is 11.0. The van der Waals surface area contributed by atoms with Crippen molar-refractivity contribution in [3.63, 3.8) is 0 Å². The molecule has 12 nitrogen and oxygen atoms in total. The van der Waals surface area contributed by atoms with E-state index in [1.54, 1.807) is 6.20 Å². The van der Waals surface area contributed by atoms with E-state index in [-0.39, 0.29) is 17.9 Å². The lowest BCUT2D eigenvalue weighted by Crippen LogP contribution is -2.28. The minimum absolute atomic E-state index is 0.135. The Kier molecular flexibility index (Phi) is 5.50. The molecule has 6 rings (SSSR count). The number of ether oxygens (including phenoxy) is 2. The molecule has 0 saturated heterocycles. The van der Waals surface area contributed by atoms with Gasteiger partial charge in [0.25, 0.3) is 0 Å². The van der Waals surface area contributed by atoms with Gasteiger partial charge in [0, 0.05) is 18.0 Å². The number of fused-ring (bicyclic) bond motifs is 2. The van der Waals surface area contributed by atoms with Gasteiger partial charge in [0.05, 0.1) is 17.0 Å². The van der Waals surface area contributed by atoms with Crippen LogP contribution in [0.3, 0.4) is 0 Å². The third-order valence-corrected chi connectivity index (χ3v) is 8.70. The number of imidazole rings is 1. The Balaban J connectivity index is 1.33. The number of aryl methyl sites for hydroxylation is 1. The second-order valence-corrected chi connectivity index (χ2v) is 11.2. The quantitative estimate of drug-likeness (QED) is 0.315. The first kappa shape index (κ1) is 22.1. The maximum Gasteiger partial charge on any atom is 0.231 e. The van der Waals surface area contributed by atoms with Gasteiger partial charge >= 0.3 is 0 Å². The molecule has 1 aromatic carbocycles. The van der Waals surface area contributed by atoms with E-state index in [1.807, 2.05) is 16.7 Å². The molecule has 3 N–H and O–H groups in total. The topological polar surface area (TPSA) is 160 Å². The molecule has 1 saturated carbocycles. The molecule has 0 amide bonds. The van der Waals surface area contributed by atoms with E-state index in [1.165, 1.54) is 24.4 Å². The van der Waals surface area contributed by atoms with Gasteiger partial charge < -0.3 is 24.2 Å². The van der Waals surface area contributed by atoms with Gasteiger partial charge in [-0.15, -0.1) is 0 Å². The van der Waals surface area contributed by atoms with Crippen molar-refractivity contribution in [2.24, 2.45) is 0 Å². The van der Waals surface area contributed by atoms with Gasteiger partial charge in [-0.2, -0.15) is 0 Å². The van der Waals surface area contributed by atoms with Crippen LogP contribution in [0.15, 0.2) is 45.4 Å². The van der Waals surface area contributed by atoms with Gasteiger partial charge in [0.15, 0.2) is 33.6 Å². The zero-order valence-corrected chi connectivity index (χ0v) is 20.0. The summed E-state index contributed by atoms with van der Waals surface area (Å²) in [4.78, 5) is 18.2. The van der Waals surface area contributed by atoms with Gasteiger partial charge in [-0.1, -0.05) is 11.8 Å². The number of rotatable bonds is 9. The Morgan fingerprint density at radius 3 is 2.77 bits per heavy atom. The molecule has 1 fully saturated rings. The predicted molar refractivity (Wildman–Crippen MR) is 126 cm³/mol. The normalized spacial score (nSPS) is 15.2. The van der Waals surface area contributed by atoms with Crippen molar-refractivity contribution in [2.45, 2.75) is 41.1 Å². The lowest BCUT2D eigenvalue weighted by molar-refractivity contribution is 0.174. The third kappa shape index (κ3) is 4.28. The zero-order chi connectivity index (χ0) is 24.0. The van der Waals surface area contributed by atoms with E-state index in [0.717, 1.165) is 23.3 Å². The molecular formula is C21H21N7O5S2. The van der Waals surface area contributed by atoms with Gasteiger partial charge in [-0.25, -0.2) is 33.1 Å². The van der Waals surface area contributed by atoms with Gasteiger partial charge in [0.1, 0.15) is 12.6 Å². The van der Waals surface area contributed by atoms with Crippen LogP contribution < -0.4 is 19.9 Å². The van der Waals surface area contributed by atoms with Crippen LogP contribution in [0.25, 0.3) is 22.6 Å². The van der Waals surface area contributed by atoms with Crippen molar-refractivity contribution >= 4 is 38.8 Å². The van der Waals surface area contributed by atoms with Gasteiger partial charge in [-0.3, -0.25) is 0 Å². The van der Waals surface area contributed by atoms with Crippen LogP contribution in [-0.2, 0) is 16.6 Å². The highest BCUT2D eigenvalue weighted by Gasteiger charge is 2.35. The molecule has 0 bridgehead atoms. The molecular weight excluding hydrogens is 494 g/mol. The van der Waals surface area contributed by atoms with Crippen molar-refractivity contribution in [1.82, 2.24) is 29.2 Å². The second kappa shape index (κ2) is 8.70. The van der Waals surface area contributed by atoms with Crippen LogP contribution >= 0.6 is 11.8 Å². The molecule has 0 atom stereocenters. The number of nitrogens with one attached hydrogen (secondary N) is 1. The van der Waals surface area contributed by atoms with Crippen molar-refractivity contribution in [3.05, 3.63) is 30.9 Å². The molecule has 0 radical (unpaired) electrons. The summed E-state index contributed by atoms with van der Waals surface area (Å²) in [6.07, 6.45) is 6.45. The highest BCUT2D eigenvalue weighted by atomic mass is 32.2. The van der Waals surface area contributed by atoms with Gasteiger partial charge in [-0.05, 0) is 31.4 Å². The van der Waals surface area contributed by atoms with Crippen molar-refractivity contribution < 1.29 is 22.3 Å². The fourth-order valence-corrected chi connectivity index (χ4v) is 6.26. The van der Waals surface area contributed by atoms with Gasteiger partial charge in [0.2, 0.25) is 22.7 Å². The minimum Gasteiger partial charge on any atom is -0.454 e. The fraction of sp³-hybridized carbons (Fsp3) is 0.333. The summed E-state index contributed by atoms with van der Waals surface area (Å²) in [5.74, 6) is 1.92. The lowest BCUT2D eigenvalue weighted by Gasteiger charge is -2.11. The van der Waals surface area contributed by atoms with Crippen molar-refractivity contribution in [3.8, 4) is 23.0 Å². The number of benzene rings is 1. The molecule has 2 aliphatic rings. The Morgan fingerprint density at radius 2 is 2.00 bits per heavy atom. The Morgan fingerprint density at radius 1 is 1.17 bits per heavy atom. The first-order valence-corrected chi connectivity index (χ1v) is 13.3. The van der Waals surface area contributed by atoms with Crippen LogP contribution in [0.4, 0.5) is 5.82 Å². The summed E-state index contributed by atoms with van der Waals surface area (Å²) in [5.41, 5.74) is 7.85. The number of hydrogen-bond donors (Lipinski definition) is 2. The SMILES string of the molecule is Nc1ncnc2c1nc(Sc1cc3c(cc1-c1ncco1)OCO3)n2CCCNS(=O)(=O)C1CC1. The number of nitrogens with zero attached hydrogens (tertiary/aromatic N) is 5. The summed E-state index contributed by atoms with van der Waals surface area (Å²) in [5, 5.41) is 0.360. The zero-order valence-electron chi connectivity index (χ0n) is 18.4. The minimum atomic E-state index is -3.24. The molecule has 1 aliphatic heterocycles. The Labute approximate surface area is 204 Å². The number of nitrogens with two attached hydrogens (primary N) is 1. The van der Waals surface area contributed by atoms with Crippen LogP contribution in [-0.4, -0.2) is 51.5 Å². The van der Waals surface area contributed by atoms with Crippen LogP contribution in [0.1, 0.15) is 19.3 Å². The number of nitrogen functional groups attached to an aromatic ring is 1. The lowest BCUT2D eigenvalue weighted by atomic mass is 10.2. The van der Waals surface area contributed by atoms with E-state index in [0.29, 0.717) is 53.2 Å². The second-order valence-electron chi connectivity index (χ2n) is 8.11. The standard InChI is InChI=1S/C21H21N7O5S2/c22-18-17-19(25-10-24-18)28(6-1-4-26-35(29,30)12-2-3-12)21(27-17)34-16-9-15-14(32-11-33-15)8-13(16)20-23-5-7-31-20/h5,7-10,12,26H,1-4,6,11H2,(H2,22,24,25). The highest BCUT2D eigenvalue weighted by Crippen LogP contribution is 2.44. The molecule has 4 heterocycles. The maximum absolute atomic E-state index is 12.2. The fourth-order valence-electron chi connectivity index (χ4n) is 3.79. The smallest absolute Gasteiger partial charge is 0.231 e. The largest absolute Gasteiger partial charge is 0.454 e. The molecule has 14 heteroatoms. The molecule has 35 heavy (non-hydrogen) atoms. The van der Waals surface area contributed by atoms with E-state index in [9.17, 15) is 8.42 Å². The average molecular weight is 516 g/mol. The maximum atomic E-state index is 12.2. The molecule has 0 spiro atoms. The van der Waals surface area contributed by atoms with E-state index < -0.39 is 10.0 Å². The van der Waals surface area contributed by atoms with Crippen molar-refractivity contribution in [2.75, 3.05) is 19.1 Å². The Hall–Kier alpha value is -3.36. The molecule has 182 valence electrons. The number of hydrogen-bond acceptors (Lipinski definition) is 11. The number of aromatic nitrogens is 5. The molecule has 1 aliphatic carbocycles. The molecule has 4 aromatic rings. The summed E-state index contributed by atoms with van der Waals surface area (Å²) < 4.78 is 45.6. The van der Waals surface area contributed by atoms with E-state index in [4.69, 9.17) is 24.6 Å². The molecule has 0 unspecified atom stereocenters. The van der Waals surface area contributed by atoms with Crippen molar-refractivity contribution in [1.29, 1.82) is 0 Å². The van der Waals surface area contributed by atoms with Crippen LogP contribution in [0.5, 0.6) is 11.5 Å². The summed E-state index contributed by atoms with van der Waals surface area (Å²) in [7, 11) is -3.24. The molecule has 3 aromatic heterocycles. The summed E-state index contributed by atoms with van der Waals surface area (Å²) in [6, 6.07) is 3.68. The number of anilines is 1. The Bertz CT molecular complexity index is 1500. The van der Waals surface area contributed by atoms with Crippen LogP contribution in [0, 0.1) is 0 Å².